The fourth-order valence-electron chi connectivity index (χ4n) is 1.73. The van der Waals surface area contributed by atoms with Crippen molar-refractivity contribution in [1.82, 2.24) is 0 Å². The molecule has 0 N–H and O–H groups in total. The predicted molar refractivity (Wildman–Crippen MR) is 86.1 cm³/mol. The Morgan fingerprint density at radius 2 is 1.95 bits per heavy atom. The monoisotopic (exact) mass is 269 g/mol. The molecule has 0 radical (unpaired) electrons. The highest BCUT2D eigenvalue weighted by Crippen LogP contribution is 2.19. The van der Waals surface area contributed by atoms with Crippen molar-refractivity contribution in [2.45, 2.75) is 27.7 Å². The van der Waals surface area contributed by atoms with Crippen molar-refractivity contribution < 1.29 is 4.79 Å². The average Bonchev–Trinajstić information content (AvgIpc) is 2.36. The lowest BCUT2D eigenvalue weighted by atomic mass is 9.98. The van der Waals surface area contributed by atoms with E-state index in [1.54, 1.807) is 6.92 Å². The zero-order valence-electron chi connectivity index (χ0n) is 13.0. The van der Waals surface area contributed by atoms with Crippen LogP contribution in [0, 0.1) is 17.3 Å². The molecule has 2 heteroatoms. The minimum Gasteiger partial charge on any atom is -0.370 e. The van der Waals surface area contributed by atoms with Gasteiger partial charge in [-0.2, -0.15) is 0 Å². The van der Waals surface area contributed by atoms with Gasteiger partial charge in [0.1, 0.15) is 0 Å². The Hall–Kier alpha value is -2.01. The highest BCUT2D eigenvalue weighted by Gasteiger charge is 2.08. The van der Waals surface area contributed by atoms with Crippen LogP contribution in [0.25, 0.3) is 0 Å². The molecule has 1 rings (SSSR count). The summed E-state index contributed by atoms with van der Waals surface area (Å²) in [4.78, 5) is 13.6. The second-order valence-corrected chi connectivity index (χ2v) is 5.88. The van der Waals surface area contributed by atoms with Crippen LogP contribution in [0.5, 0.6) is 0 Å². The van der Waals surface area contributed by atoms with E-state index in [4.69, 9.17) is 0 Å². The first-order valence-electron chi connectivity index (χ1n) is 6.80. The first-order valence-corrected chi connectivity index (χ1v) is 6.80. The van der Waals surface area contributed by atoms with Gasteiger partial charge in [-0.05, 0) is 45.9 Å². The van der Waals surface area contributed by atoms with E-state index in [1.807, 2.05) is 48.4 Å². The molecule has 0 unspecified atom stereocenters. The lowest BCUT2D eigenvalue weighted by Gasteiger charge is -2.19. The molecule has 0 heterocycles. The lowest BCUT2D eigenvalue weighted by molar-refractivity contribution is 0.101. The minimum absolute atomic E-state index is 0.0253. The van der Waals surface area contributed by atoms with Crippen LogP contribution in [0.2, 0.25) is 0 Å². The second kappa shape index (κ2) is 6.96. The van der Waals surface area contributed by atoms with Crippen molar-refractivity contribution in [1.29, 1.82) is 0 Å². The number of carbonyl (C=O) groups excluding carboxylic acids is 1. The largest absolute Gasteiger partial charge is 0.370 e. The summed E-state index contributed by atoms with van der Waals surface area (Å²) in [5, 5.41) is 0. The molecule has 20 heavy (non-hydrogen) atoms. The van der Waals surface area contributed by atoms with Crippen LogP contribution in [-0.2, 0) is 0 Å². The van der Waals surface area contributed by atoms with Crippen molar-refractivity contribution in [3.63, 3.8) is 0 Å². The minimum atomic E-state index is 0.0253. The summed E-state index contributed by atoms with van der Waals surface area (Å²) in [5.74, 6) is 6.29. The molecule has 0 aromatic heterocycles. The fraction of sp³-hybridized carbons (Fsp3) is 0.389. The molecule has 1 aromatic rings. The molecule has 1 aromatic carbocycles. The Labute approximate surface area is 122 Å². The van der Waals surface area contributed by atoms with Gasteiger partial charge in [0.25, 0.3) is 0 Å². The van der Waals surface area contributed by atoms with E-state index in [-0.39, 0.29) is 11.2 Å². The van der Waals surface area contributed by atoms with E-state index in [2.05, 4.69) is 32.6 Å². The molecule has 0 fully saturated rings. The van der Waals surface area contributed by atoms with E-state index in [1.165, 1.54) is 0 Å². The number of rotatable bonds is 4. The van der Waals surface area contributed by atoms with Gasteiger partial charge >= 0.3 is 0 Å². The second-order valence-electron chi connectivity index (χ2n) is 5.88. The third-order valence-corrected chi connectivity index (χ3v) is 2.72. The summed E-state index contributed by atoms with van der Waals surface area (Å²) in [6.07, 6.45) is 3.88. The third-order valence-electron chi connectivity index (χ3n) is 2.72. The van der Waals surface area contributed by atoms with Gasteiger partial charge in [-0.3, -0.25) is 4.79 Å². The molecule has 0 aliphatic heterocycles. The maximum atomic E-state index is 11.6. The van der Waals surface area contributed by atoms with Crippen LogP contribution < -0.4 is 4.90 Å². The topological polar surface area (TPSA) is 20.3 Å². The summed E-state index contributed by atoms with van der Waals surface area (Å²) in [5.41, 5.74) is 1.73. The molecule has 2 nitrogen and oxygen atoms in total. The molecule has 0 amide bonds. The van der Waals surface area contributed by atoms with Crippen molar-refractivity contribution in [3.8, 4) is 11.8 Å². The maximum Gasteiger partial charge on any atom is 0.161 e. The zero-order valence-corrected chi connectivity index (χ0v) is 13.0. The van der Waals surface area contributed by atoms with Crippen LogP contribution in [0.4, 0.5) is 5.69 Å². The smallest absolute Gasteiger partial charge is 0.161 e. The maximum absolute atomic E-state index is 11.6. The highest BCUT2D eigenvalue weighted by molar-refractivity contribution is 5.99. The number of hydrogen-bond donors (Lipinski definition) is 0. The van der Waals surface area contributed by atoms with Gasteiger partial charge in [0.05, 0.1) is 0 Å². The summed E-state index contributed by atoms with van der Waals surface area (Å²) in [6.45, 7) is 8.58. The SMILES string of the molecule is CC(=O)c1ccccc1N(C)C/C=C/C#CC(C)(C)C. The number of likely N-dealkylation sites (N-methyl/N-ethyl adjacent to an activating group) is 1. The van der Waals surface area contributed by atoms with E-state index in [0.29, 0.717) is 0 Å². The molecule has 0 saturated carbocycles. The molecule has 0 aliphatic rings. The highest BCUT2D eigenvalue weighted by atomic mass is 16.1. The normalized spacial score (nSPS) is 11.1. The first kappa shape index (κ1) is 16.0. The molecule has 0 atom stereocenters. The Kier molecular flexibility index (Phi) is 5.58. The van der Waals surface area contributed by atoms with Crippen LogP contribution in [0.3, 0.4) is 0 Å². The van der Waals surface area contributed by atoms with Crippen molar-refractivity contribution in [3.05, 3.63) is 42.0 Å². The summed E-state index contributed by atoms with van der Waals surface area (Å²) < 4.78 is 0. The molecule has 106 valence electrons. The number of anilines is 1. The summed E-state index contributed by atoms with van der Waals surface area (Å²) >= 11 is 0. The average molecular weight is 269 g/mol. The standard InChI is InChI=1S/C18H23NO/c1-15(20)16-11-7-8-12-17(16)19(5)14-10-6-9-13-18(2,3)4/h6-8,10-12H,14H2,1-5H3/b10-6+. The molecule has 0 bridgehead atoms. The van der Waals surface area contributed by atoms with Gasteiger partial charge in [-0.25, -0.2) is 0 Å². The van der Waals surface area contributed by atoms with Gasteiger partial charge in [0.15, 0.2) is 5.78 Å². The van der Waals surface area contributed by atoms with Crippen LogP contribution in [0.15, 0.2) is 36.4 Å². The fourth-order valence-corrected chi connectivity index (χ4v) is 1.73. The number of allylic oxidation sites excluding steroid dienone is 1. The van der Waals surface area contributed by atoms with Gasteiger partial charge in [-0.15, -0.1) is 0 Å². The number of para-hydroxylation sites is 1. The lowest BCUT2D eigenvalue weighted by Crippen LogP contribution is -2.19. The molecule has 0 saturated heterocycles. The summed E-state index contributed by atoms with van der Waals surface area (Å²) in [6, 6.07) is 7.66. The summed E-state index contributed by atoms with van der Waals surface area (Å²) in [7, 11) is 1.98. The molecular formula is C18H23NO. The number of Topliss-reactive ketones (excluding diaryl/α,β-unsaturated/α-hetero) is 1. The Balaban J connectivity index is 2.72. The Morgan fingerprint density at radius 1 is 1.30 bits per heavy atom. The predicted octanol–water partition coefficient (Wildman–Crippen LogP) is 3.93. The van der Waals surface area contributed by atoms with Crippen LogP contribution >= 0.6 is 0 Å². The van der Waals surface area contributed by atoms with Gasteiger partial charge in [0.2, 0.25) is 0 Å². The Morgan fingerprint density at radius 3 is 2.55 bits per heavy atom. The van der Waals surface area contributed by atoms with Crippen LogP contribution in [-0.4, -0.2) is 19.4 Å². The van der Waals surface area contributed by atoms with E-state index < -0.39 is 0 Å². The number of benzene rings is 1. The molecular weight excluding hydrogens is 246 g/mol. The van der Waals surface area contributed by atoms with Crippen molar-refractivity contribution in [2.24, 2.45) is 5.41 Å². The van der Waals surface area contributed by atoms with Crippen LogP contribution in [0.1, 0.15) is 38.1 Å². The number of hydrogen-bond acceptors (Lipinski definition) is 2. The van der Waals surface area contributed by atoms with E-state index in [0.717, 1.165) is 17.8 Å². The third kappa shape index (κ3) is 5.32. The number of carbonyl (C=O) groups is 1. The van der Waals surface area contributed by atoms with Crippen molar-refractivity contribution >= 4 is 11.5 Å². The van der Waals surface area contributed by atoms with E-state index >= 15 is 0 Å². The van der Waals surface area contributed by atoms with E-state index in [9.17, 15) is 4.79 Å². The molecule has 0 aliphatic carbocycles. The Bertz CT molecular complexity index is 553. The van der Waals surface area contributed by atoms with Crippen molar-refractivity contribution in [2.75, 3.05) is 18.5 Å². The van der Waals surface area contributed by atoms with Gasteiger partial charge < -0.3 is 4.90 Å². The zero-order chi connectivity index (χ0) is 15.2. The quantitative estimate of drug-likeness (QED) is 0.609. The number of nitrogens with zero attached hydrogens (tertiary/aromatic N) is 1. The number of ketones is 1. The molecule has 0 spiro atoms. The van der Waals surface area contributed by atoms with Gasteiger partial charge in [-0.1, -0.05) is 30.0 Å². The van der Waals surface area contributed by atoms with Gasteiger partial charge in [0, 0.05) is 30.3 Å². The first-order chi connectivity index (χ1) is 9.31.